The Morgan fingerprint density at radius 3 is 2.74 bits per heavy atom. The van der Waals surface area contributed by atoms with Crippen LogP contribution in [0.1, 0.15) is 33.4 Å². The minimum Gasteiger partial charge on any atom is -0.491 e. The molecule has 3 rings (SSSR count). The number of ether oxygens (including phenoxy) is 2. The predicted molar refractivity (Wildman–Crippen MR) is 94.8 cm³/mol. The van der Waals surface area contributed by atoms with E-state index in [4.69, 9.17) is 21.1 Å². The summed E-state index contributed by atoms with van der Waals surface area (Å²) >= 11 is 5.83. The van der Waals surface area contributed by atoms with Gasteiger partial charge in [0.1, 0.15) is 12.0 Å². The standard InChI is InChI=1S/C18H18ClFN2O5/c1-26-15-13-10(14(18(24)25)21-16(15)27-2)5-6-22(17(13)23)8-9-3-4-12(20)11(19)7-9/h3-4,7,17,23H,5-6,8H2,1-2H3,(H,24,25). The van der Waals surface area contributed by atoms with Gasteiger partial charge in [-0.05, 0) is 29.7 Å². The quantitative estimate of drug-likeness (QED) is 0.802. The molecule has 0 saturated carbocycles. The monoisotopic (exact) mass is 396 g/mol. The molecule has 0 spiro atoms. The second-order valence-electron chi connectivity index (χ2n) is 6.04. The zero-order chi connectivity index (χ0) is 19.7. The first kappa shape index (κ1) is 19.3. The van der Waals surface area contributed by atoms with Crippen LogP contribution in [0.25, 0.3) is 0 Å². The van der Waals surface area contributed by atoms with Crippen molar-refractivity contribution in [2.45, 2.75) is 19.2 Å². The summed E-state index contributed by atoms with van der Waals surface area (Å²) in [5.41, 5.74) is 1.25. The number of carboxylic acids is 1. The first-order valence-electron chi connectivity index (χ1n) is 8.11. The Balaban J connectivity index is 2.02. The lowest BCUT2D eigenvalue weighted by molar-refractivity contribution is -0.0146. The van der Waals surface area contributed by atoms with Crippen LogP contribution in [-0.4, -0.2) is 46.8 Å². The van der Waals surface area contributed by atoms with Gasteiger partial charge in [-0.3, -0.25) is 4.90 Å². The molecule has 0 amide bonds. The SMILES string of the molecule is COc1nc(C(=O)O)c2c(c1OC)C(O)N(Cc1ccc(F)c(Cl)c1)CC2. The predicted octanol–water partition coefficient (Wildman–Crippen LogP) is 2.64. The second kappa shape index (κ2) is 7.67. The van der Waals surface area contributed by atoms with Crippen molar-refractivity contribution in [1.82, 2.24) is 9.88 Å². The highest BCUT2D eigenvalue weighted by Gasteiger charge is 2.35. The first-order chi connectivity index (χ1) is 12.9. The van der Waals surface area contributed by atoms with E-state index in [1.54, 1.807) is 11.0 Å². The van der Waals surface area contributed by atoms with Crippen molar-refractivity contribution < 1.29 is 28.9 Å². The number of halogens is 2. The molecule has 1 unspecified atom stereocenters. The summed E-state index contributed by atoms with van der Waals surface area (Å²) in [6, 6.07) is 4.33. The Hall–Kier alpha value is -2.42. The van der Waals surface area contributed by atoms with Crippen molar-refractivity contribution in [3.63, 3.8) is 0 Å². The third-order valence-corrected chi connectivity index (χ3v) is 4.78. The summed E-state index contributed by atoms with van der Waals surface area (Å²) in [7, 11) is 2.74. The number of aliphatic hydroxyl groups is 1. The van der Waals surface area contributed by atoms with Gasteiger partial charge in [0.2, 0.25) is 0 Å². The van der Waals surface area contributed by atoms with Gasteiger partial charge in [-0.15, -0.1) is 0 Å². The lowest BCUT2D eigenvalue weighted by Gasteiger charge is -2.35. The minimum atomic E-state index is -1.21. The summed E-state index contributed by atoms with van der Waals surface area (Å²) < 4.78 is 23.8. The largest absolute Gasteiger partial charge is 0.491 e. The van der Waals surface area contributed by atoms with E-state index in [2.05, 4.69) is 4.98 Å². The highest BCUT2D eigenvalue weighted by Crippen LogP contribution is 2.41. The molecule has 7 nitrogen and oxygen atoms in total. The summed E-state index contributed by atoms with van der Waals surface area (Å²) in [6.45, 7) is 0.664. The van der Waals surface area contributed by atoms with Crippen LogP contribution in [0.15, 0.2) is 18.2 Å². The fraction of sp³-hybridized carbons (Fsp3) is 0.333. The number of aromatic nitrogens is 1. The average Bonchev–Trinajstić information content (AvgIpc) is 2.65. The van der Waals surface area contributed by atoms with Gasteiger partial charge in [0.15, 0.2) is 11.4 Å². The molecule has 2 N–H and O–H groups in total. The number of rotatable bonds is 5. The number of aromatic carboxylic acids is 1. The maximum absolute atomic E-state index is 13.4. The van der Waals surface area contributed by atoms with Crippen molar-refractivity contribution in [1.29, 1.82) is 0 Å². The van der Waals surface area contributed by atoms with Gasteiger partial charge in [-0.2, -0.15) is 0 Å². The highest BCUT2D eigenvalue weighted by atomic mass is 35.5. The molecule has 0 saturated heterocycles. The van der Waals surface area contributed by atoms with Crippen LogP contribution in [0, 0.1) is 5.82 Å². The van der Waals surface area contributed by atoms with E-state index in [0.717, 1.165) is 0 Å². The number of benzene rings is 1. The van der Waals surface area contributed by atoms with Crippen molar-refractivity contribution >= 4 is 17.6 Å². The smallest absolute Gasteiger partial charge is 0.354 e. The molecule has 1 aliphatic heterocycles. The Bertz CT molecular complexity index is 893. The molecule has 1 aromatic heterocycles. The van der Waals surface area contributed by atoms with Gasteiger partial charge in [-0.1, -0.05) is 17.7 Å². The first-order valence-corrected chi connectivity index (χ1v) is 8.49. The van der Waals surface area contributed by atoms with E-state index in [0.29, 0.717) is 29.7 Å². The van der Waals surface area contributed by atoms with Crippen molar-refractivity contribution in [3.05, 3.63) is 51.4 Å². The van der Waals surface area contributed by atoms with E-state index in [9.17, 15) is 19.4 Å². The normalized spacial score (nSPS) is 16.7. The van der Waals surface area contributed by atoms with Crippen LogP contribution >= 0.6 is 11.6 Å². The van der Waals surface area contributed by atoms with Crippen LogP contribution in [-0.2, 0) is 13.0 Å². The molecule has 2 aromatic rings. The zero-order valence-electron chi connectivity index (χ0n) is 14.7. The lowest BCUT2D eigenvalue weighted by atomic mass is 9.95. The number of hydrogen-bond donors (Lipinski definition) is 2. The number of fused-ring (bicyclic) bond motifs is 1. The van der Waals surface area contributed by atoms with E-state index in [1.807, 2.05) is 0 Å². The third kappa shape index (κ3) is 3.55. The molecule has 0 bridgehead atoms. The van der Waals surface area contributed by atoms with Crippen LogP contribution in [0.2, 0.25) is 5.02 Å². The van der Waals surface area contributed by atoms with Gasteiger partial charge >= 0.3 is 5.97 Å². The molecular formula is C18H18ClFN2O5. The van der Waals surface area contributed by atoms with Crippen molar-refractivity contribution in [2.24, 2.45) is 0 Å². The third-order valence-electron chi connectivity index (χ3n) is 4.49. The van der Waals surface area contributed by atoms with Crippen molar-refractivity contribution in [2.75, 3.05) is 20.8 Å². The molecule has 0 fully saturated rings. The molecule has 1 aliphatic rings. The summed E-state index contributed by atoms with van der Waals surface area (Å²) in [5, 5.41) is 20.4. The van der Waals surface area contributed by atoms with Crippen LogP contribution in [0.3, 0.4) is 0 Å². The summed E-state index contributed by atoms with van der Waals surface area (Å²) in [4.78, 5) is 17.3. The Morgan fingerprint density at radius 2 is 2.15 bits per heavy atom. The number of hydrogen-bond acceptors (Lipinski definition) is 6. The van der Waals surface area contributed by atoms with E-state index >= 15 is 0 Å². The number of carbonyl (C=O) groups is 1. The number of methoxy groups -OCH3 is 2. The maximum Gasteiger partial charge on any atom is 0.354 e. The highest BCUT2D eigenvalue weighted by molar-refractivity contribution is 6.30. The van der Waals surface area contributed by atoms with Crippen LogP contribution in [0.5, 0.6) is 11.6 Å². The molecule has 1 atom stereocenters. The van der Waals surface area contributed by atoms with Gasteiger partial charge in [0, 0.05) is 18.7 Å². The number of aliphatic hydroxyl groups excluding tert-OH is 1. The van der Waals surface area contributed by atoms with Gasteiger partial charge in [0.05, 0.1) is 19.2 Å². The summed E-state index contributed by atoms with van der Waals surface area (Å²) in [5.74, 6) is -1.56. The molecule has 1 aromatic carbocycles. The molecule has 144 valence electrons. The Kier molecular flexibility index (Phi) is 5.50. The maximum atomic E-state index is 13.4. The molecule has 0 radical (unpaired) electrons. The van der Waals surface area contributed by atoms with Crippen molar-refractivity contribution in [3.8, 4) is 11.6 Å². The Morgan fingerprint density at radius 1 is 1.41 bits per heavy atom. The average molecular weight is 397 g/mol. The molecule has 2 heterocycles. The van der Waals surface area contributed by atoms with Gasteiger partial charge in [-0.25, -0.2) is 14.2 Å². The number of carboxylic acid groups (broad SMARTS) is 1. The number of pyridine rings is 1. The number of nitrogens with zero attached hydrogens (tertiary/aromatic N) is 2. The van der Waals surface area contributed by atoms with Gasteiger partial charge < -0.3 is 19.7 Å². The fourth-order valence-electron chi connectivity index (χ4n) is 3.24. The topological polar surface area (TPSA) is 92.1 Å². The lowest BCUT2D eigenvalue weighted by Crippen LogP contribution is -2.36. The zero-order valence-corrected chi connectivity index (χ0v) is 15.5. The Labute approximate surface area is 159 Å². The minimum absolute atomic E-state index is 0.00369. The molecule has 9 heteroatoms. The van der Waals surface area contributed by atoms with Crippen LogP contribution < -0.4 is 9.47 Å². The van der Waals surface area contributed by atoms with Crippen LogP contribution in [0.4, 0.5) is 4.39 Å². The molecule has 27 heavy (non-hydrogen) atoms. The molecular weight excluding hydrogens is 379 g/mol. The second-order valence-corrected chi connectivity index (χ2v) is 6.45. The summed E-state index contributed by atoms with van der Waals surface area (Å²) in [6.07, 6.45) is -0.807. The van der Waals surface area contributed by atoms with E-state index in [-0.39, 0.29) is 28.9 Å². The van der Waals surface area contributed by atoms with E-state index < -0.39 is 18.0 Å². The van der Waals surface area contributed by atoms with E-state index in [1.165, 1.54) is 26.4 Å². The molecule has 0 aliphatic carbocycles. The van der Waals surface area contributed by atoms with Gasteiger partial charge in [0.25, 0.3) is 5.88 Å². The fourth-order valence-corrected chi connectivity index (χ4v) is 3.44.